The van der Waals surface area contributed by atoms with Gasteiger partial charge in [0.1, 0.15) is 0 Å². The molecule has 6 atom stereocenters. The van der Waals surface area contributed by atoms with Gasteiger partial charge >= 0.3 is 0 Å². The Morgan fingerprint density at radius 2 is 1.88 bits per heavy atom. The molecule has 0 aliphatic carbocycles. The second kappa shape index (κ2) is 7.43. The molecular weight excluding hydrogens is 312 g/mol. The molecule has 0 aromatic rings. The Kier molecular flexibility index (Phi) is 5.23. The zero-order valence-corrected chi connectivity index (χ0v) is 16.3. The summed E-state index contributed by atoms with van der Waals surface area (Å²) in [7, 11) is 0. The molecule has 0 spiro atoms. The van der Waals surface area contributed by atoms with Crippen molar-refractivity contribution in [2.45, 2.75) is 64.7 Å². The van der Waals surface area contributed by atoms with Crippen molar-refractivity contribution >= 4 is 5.96 Å². The largest absolute Gasteiger partial charge is 0.374 e. The van der Waals surface area contributed by atoms with E-state index in [1.165, 1.54) is 38.8 Å². The fourth-order valence-corrected chi connectivity index (χ4v) is 5.52. The van der Waals surface area contributed by atoms with Crippen LogP contribution in [-0.4, -0.2) is 73.3 Å². The summed E-state index contributed by atoms with van der Waals surface area (Å²) in [6.07, 6.45) is 6.33. The van der Waals surface area contributed by atoms with E-state index in [1.54, 1.807) is 0 Å². The highest BCUT2D eigenvalue weighted by molar-refractivity contribution is 5.80. The van der Waals surface area contributed by atoms with Crippen molar-refractivity contribution in [1.29, 1.82) is 0 Å². The highest BCUT2D eigenvalue weighted by atomic mass is 16.5. The maximum Gasteiger partial charge on any atom is 0.193 e. The summed E-state index contributed by atoms with van der Waals surface area (Å²) < 4.78 is 6.12. The summed E-state index contributed by atoms with van der Waals surface area (Å²) in [5, 5.41) is 3.55. The van der Waals surface area contributed by atoms with Gasteiger partial charge in [-0.15, -0.1) is 0 Å². The van der Waals surface area contributed by atoms with Crippen LogP contribution in [0.1, 0.15) is 46.5 Å². The van der Waals surface area contributed by atoms with Crippen molar-refractivity contribution in [2.75, 3.05) is 39.3 Å². The second-order valence-electron chi connectivity index (χ2n) is 8.81. The maximum absolute atomic E-state index is 6.12. The monoisotopic (exact) mass is 348 g/mol. The molecule has 4 fully saturated rings. The van der Waals surface area contributed by atoms with Crippen LogP contribution in [-0.2, 0) is 4.74 Å². The maximum atomic E-state index is 6.12. The van der Waals surface area contributed by atoms with Gasteiger partial charge in [-0.25, -0.2) is 0 Å². The average molecular weight is 349 g/mol. The minimum absolute atomic E-state index is 0.525. The molecule has 4 saturated heterocycles. The normalized spacial score (nSPS) is 39.7. The van der Waals surface area contributed by atoms with E-state index in [0.29, 0.717) is 18.2 Å². The number of aliphatic imine (C=N–C) groups is 1. The molecule has 4 heterocycles. The van der Waals surface area contributed by atoms with Crippen LogP contribution < -0.4 is 5.32 Å². The second-order valence-corrected chi connectivity index (χ2v) is 8.81. The highest BCUT2D eigenvalue weighted by Crippen LogP contribution is 2.47. The SMILES string of the molecule is CCNC(=NCC(C)N1CCCC(C)C1)N1CC2C3CCC(O3)C2C1. The third-order valence-electron chi connectivity index (χ3n) is 6.90. The number of rotatable bonds is 4. The first kappa shape index (κ1) is 17.6. The summed E-state index contributed by atoms with van der Waals surface area (Å²) in [4.78, 5) is 10.2. The van der Waals surface area contributed by atoms with Gasteiger partial charge < -0.3 is 15.0 Å². The van der Waals surface area contributed by atoms with Gasteiger partial charge in [0.05, 0.1) is 18.8 Å². The highest BCUT2D eigenvalue weighted by Gasteiger charge is 2.53. The van der Waals surface area contributed by atoms with Gasteiger partial charge in [0, 0.05) is 44.1 Å². The van der Waals surface area contributed by atoms with Crippen molar-refractivity contribution in [2.24, 2.45) is 22.7 Å². The van der Waals surface area contributed by atoms with Gasteiger partial charge in [-0.2, -0.15) is 0 Å². The number of nitrogens with one attached hydrogen (secondary N) is 1. The standard InChI is InChI=1S/C20H36N4O/c1-4-21-20(22-10-15(3)23-9-5-6-14(2)11-23)24-12-16-17(13-24)19-8-7-18(16)25-19/h14-19H,4-13H2,1-3H3,(H,21,22). The molecule has 5 nitrogen and oxygen atoms in total. The number of guanidine groups is 1. The molecule has 142 valence electrons. The Bertz CT molecular complexity index is 478. The topological polar surface area (TPSA) is 40.1 Å². The Morgan fingerprint density at radius 3 is 2.52 bits per heavy atom. The Hall–Kier alpha value is -0.810. The van der Waals surface area contributed by atoms with Crippen LogP contribution in [0.15, 0.2) is 4.99 Å². The first-order chi connectivity index (χ1) is 12.2. The Balaban J connectivity index is 1.37. The van der Waals surface area contributed by atoms with Crippen molar-refractivity contribution in [3.05, 3.63) is 0 Å². The molecule has 6 unspecified atom stereocenters. The van der Waals surface area contributed by atoms with E-state index >= 15 is 0 Å². The van der Waals surface area contributed by atoms with Gasteiger partial charge in [0.25, 0.3) is 0 Å². The fraction of sp³-hybridized carbons (Fsp3) is 0.950. The Morgan fingerprint density at radius 1 is 1.16 bits per heavy atom. The molecule has 2 bridgehead atoms. The molecule has 0 saturated carbocycles. The zero-order chi connectivity index (χ0) is 17.4. The summed E-state index contributed by atoms with van der Waals surface area (Å²) >= 11 is 0. The summed E-state index contributed by atoms with van der Waals surface area (Å²) in [5.74, 6) is 3.45. The van der Waals surface area contributed by atoms with E-state index in [0.717, 1.165) is 49.9 Å². The smallest absolute Gasteiger partial charge is 0.193 e. The third kappa shape index (κ3) is 3.55. The Labute approximate surface area is 153 Å². The van der Waals surface area contributed by atoms with E-state index in [4.69, 9.17) is 9.73 Å². The van der Waals surface area contributed by atoms with Crippen LogP contribution in [0.25, 0.3) is 0 Å². The van der Waals surface area contributed by atoms with Gasteiger partial charge in [-0.1, -0.05) is 6.92 Å². The molecular formula is C20H36N4O. The predicted molar refractivity (Wildman–Crippen MR) is 102 cm³/mol. The lowest BCUT2D eigenvalue weighted by Crippen LogP contribution is -2.44. The fourth-order valence-electron chi connectivity index (χ4n) is 5.52. The van der Waals surface area contributed by atoms with Crippen LogP contribution in [0.3, 0.4) is 0 Å². The van der Waals surface area contributed by atoms with Crippen molar-refractivity contribution in [3.8, 4) is 0 Å². The van der Waals surface area contributed by atoms with E-state index < -0.39 is 0 Å². The number of likely N-dealkylation sites (tertiary alicyclic amines) is 2. The van der Waals surface area contributed by atoms with Crippen LogP contribution in [0.4, 0.5) is 0 Å². The third-order valence-corrected chi connectivity index (χ3v) is 6.90. The molecule has 4 aliphatic rings. The molecule has 25 heavy (non-hydrogen) atoms. The van der Waals surface area contributed by atoms with Gasteiger partial charge in [0.2, 0.25) is 0 Å². The first-order valence-electron chi connectivity index (χ1n) is 10.6. The van der Waals surface area contributed by atoms with Crippen molar-refractivity contribution in [3.63, 3.8) is 0 Å². The molecule has 4 rings (SSSR count). The molecule has 0 aromatic carbocycles. The van der Waals surface area contributed by atoms with Crippen LogP contribution in [0.2, 0.25) is 0 Å². The van der Waals surface area contributed by atoms with E-state index in [1.807, 2.05) is 0 Å². The van der Waals surface area contributed by atoms with Crippen molar-refractivity contribution < 1.29 is 4.74 Å². The lowest BCUT2D eigenvalue weighted by molar-refractivity contribution is 0.0766. The minimum Gasteiger partial charge on any atom is -0.374 e. The van der Waals surface area contributed by atoms with Crippen LogP contribution >= 0.6 is 0 Å². The van der Waals surface area contributed by atoms with Gasteiger partial charge in [0.15, 0.2) is 5.96 Å². The molecule has 4 aliphatic heterocycles. The molecule has 5 heteroatoms. The zero-order valence-electron chi connectivity index (χ0n) is 16.3. The van der Waals surface area contributed by atoms with Crippen LogP contribution in [0, 0.1) is 17.8 Å². The van der Waals surface area contributed by atoms with E-state index in [-0.39, 0.29) is 0 Å². The number of nitrogens with zero attached hydrogens (tertiary/aromatic N) is 3. The van der Waals surface area contributed by atoms with Gasteiger partial charge in [-0.3, -0.25) is 9.89 Å². The van der Waals surface area contributed by atoms with Gasteiger partial charge in [-0.05, 0) is 52.0 Å². The molecule has 1 N–H and O–H groups in total. The molecule has 0 radical (unpaired) electrons. The number of ether oxygens (including phenoxy) is 1. The van der Waals surface area contributed by atoms with Crippen LogP contribution in [0.5, 0.6) is 0 Å². The number of piperidine rings is 1. The summed E-state index contributed by atoms with van der Waals surface area (Å²) in [6, 6.07) is 0.540. The summed E-state index contributed by atoms with van der Waals surface area (Å²) in [5.41, 5.74) is 0. The number of hydrogen-bond donors (Lipinski definition) is 1. The van der Waals surface area contributed by atoms with E-state index in [2.05, 4.69) is 35.9 Å². The molecule has 0 amide bonds. The minimum atomic E-state index is 0.525. The lowest BCUT2D eigenvalue weighted by atomic mass is 9.82. The van der Waals surface area contributed by atoms with Crippen molar-refractivity contribution in [1.82, 2.24) is 15.1 Å². The average Bonchev–Trinajstić information content (AvgIpc) is 3.30. The number of hydrogen-bond acceptors (Lipinski definition) is 3. The lowest BCUT2D eigenvalue weighted by Gasteiger charge is -2.35. The van der Waals surface area contributed by atoms with E-state index in [9.17, 15) is 0 Å². The summed E-state index contributed by atoms with van der Waals surface area (Å²) in [6.45, 7) is 13.5. The quantitative estimate of drug-likeness (QED) is 0.624. The predicted octanol–water partition coefficient (Wildman–Crippen LogP) is 2.18. The number of fused-ring (bicyclic) bond motifs is 5. The molecule has 0 aromatic heterocycles. The first-order valence-corrected chi connectivity index (χ1v) is 10.6.